The van der Waals surface area contributed by atoms with E-state index in [-0.39, 0.29) is 5.84 Å². The van der Waals surface area contributed by atoms with Crippen LogP contribution in [0.2, 0.25) is 0 Å². The van der Waals surface area contributed by atoms with Crippen LogP contribution in [0.1, 0.15) is 11.1 Å². The van der Waals surface area contributed by atoms with Crippen molar-refractivity contribution in [3.63, 3.8) is 0 Å². The van der Waals surface area contributed by atoms with E-state index in [9.17, 15) is 0 Å². The zero-order valence-electron chi connectivity index (χ0n) is 7.17. The van der Waals surface area contributed by atoms with Gasteiger partial charge >= 0.3 is 0 Å². The Morgan fingerprint density at radius 1 is 1.31 bits per heavy atom. The lowest BCUT2D eigenvalue weighted by Gasteiger charge is -1.96. The molecule has 0 spiro atoms. The number of hydrogen-bond acceptors (Lipinski definition) is 2. The molecule has 0 heterocycles. The molecule has 0 saturated heterocycles. The van der Waals surface area contributed by atoms with Crippen LogP contribution in [0.5, 0.6) is 0 Å². The van der Waals surface area contributed by atoms with Crippen molar-refractivity contribution in [3.05, 3.63) is 35.4 Å². The molecular formula is C10H11N3. The first kappa shape index (κ1) is 9.30. The van der Waals surface area contributed by atoms with Gasteiger partial charge in [0.2, 0.25) is 0 Å². The molecular weight excluding hydrogens is 162 g/mol. The van der Waals surface area contributed by atoms with Crippen LogP contribution in [0.25, 0.3) is 0 Å². The van der Waals surface area contributed by atoms with Gasteiger partial charge in [-0.3, -0.25) is 5.41 Å². The summed E-state index contributed by atoms with van der Waals surface area (Å²) in [6.07, 6.45) is 0. The molecule has 0 aliphatic rings. The van der Waals surface area contributed by atoms with Crippen LogP contribution in [-0.2, 0) is 0 Å². The van der Waals surface area contributed by atoms with E-state index in [0.29, 0.717) is 12.1 Å². The Balaban J connectivity index is 2.87. The molecule has 1 aromatic rings. The molecule has 3 heteroatoms. The third-order valence-corrected chi connectivity index (χ3v) is 1.53. The molecule has 5 N–H and O–H groups in total. The van der Waals surface area contributed by atoms with Gasteiger partial charge in [0.15, 0.2) is 0 Å². The minimum absolute atomic E-state index is 0.0679. The molecule has 0 fully saturated rings. The molecule has 66 valence electrons. The third kappa shape index (κ3) is 2.62. The zero-order chi connectivity index (χ0) is 9.68. The molecule has 0 radical (unpaired) electrons. The number of benzene rings is 1. The van der Waals surface area contributed by atoms with Gasteiger partial charge in [-0.15, -0.1) is 0 Å². The lowest BCUT2D eigenvalue weighted by atomic mass is 10.1. The summed E-state index contributed by atoms with van der Waals surface area (Å²) in [7, 11) is 0. The highest BCUT2D eigenvalue weighted by Gasteiger charge is 1.93. The monoisotopic (exact) mass is 173 g/mol. The highest BCUT2D eigenvalue weighted by molar-refractivity contribution is 5.94. The van der Waals surface area contributed by atoms with E-state index in [2.05, 4.69) is 11.8 Å². The molecule has 0 aliphatic carbocycles. The lowest BCUT2D eigenvalue weighted by Crippen LogP contribution is -2.10. The Labute approximate surface area is 77.3 Å². The summed E-state index contributed by atoms with van der Waals surface area (Å²) in [6, 6.07) is 7.17. The summed E-state index contributed by atoms with van der Waals surface area (Å²) in [4.78, 5) is 0. The molecule has 0 bridgehead atoms. The number of nitrogen functional groups attached to an aromatic ring is 1. The maximum Gasteiger partial charge on any atom is 0.122 e. The summed E-state index contributed by atoms with van der Waals surface area (Å²) in [6.45, 7) is 0.356. The van der Waals surface area contributed by atoms with Crippen molar-refractivity contribution in [2.75, 3.05) is 6.54 Å². The Morgan fingerprint density at radius 3 is 2.38 bits per heavy atom. The van der Waals surface area contributed by atoms with Crippen molar-refractivity contribution in [2.45, 2.75) is 0 Å². The van der Waals surface area contributed by atoms with Crippen molar-refractivity contribution in [1.29, 1.82) is 5.41 Å². The van der Waals surface area contributed by atoms with Crippen molar-refractivity contribution in [1.82, 2.24) is 0 Å². The highest BCUT2D eigenvalue weighted by Crippen LogP contribution is 2.01. The standard InChI is InChI=1S/C10H11N3/c11-7-1-2-8-3-5-9(6-4-8)10(12)13/h3-6H,7,11H2,(H3,12,13). The maximum absolute atomic E-state index is 7.17. The summed E-state index contributed by atoms with van der Waals surface area (Å²) in [5, 5.41) is 7.17. The average Bonchev–Trinajstić information content (AvgIpc) is 2.15. The van der Waals surface area contributed by atoms with Gasteiger partial charge in [-0.25, -0.2) is 0 Å². The normalized spacial score (nSPS) is 8.69. The Bertz CT molecular complexity index is 354. The SMILES string of the molecule is N=C(N)c1ccc(C#CCN)cc1. The van der Waals surface area contributed by atoms with Crippen LogP contribution in [0.15, 0.2) is 24.3 Å². The number of amidine groups is 1. The van der Waals surface area contributed by atoms with Gasteiger partial charge in [-0.05, 0) is 12.1 Å². The van der Waals surface area contributed by atoms with Crippen molar-refractivity contribution < 1.29 is 0 Å². The molecule has 1 rings (SSSR count). The Kier molecular flexibility index (Phi) is 3.07. The average molecular weight is 173 g/mol. The van der Waals surface area contributed by atoms with E-state index in [1.54, 1.807) is 12.1 Å². The van der Waals surface area contributed by atoms with E-state index < -0.39 is 0 Å². The van der Waals surface area contributed by atoms with Gasteiger partial charge in [0.25, 0.3) is 0 Å². The summed E-state index contributed by atoms with van der Waals surface area (Å²) >= 11 is 0. The van der Waals surface area contributed by atoms with Gasteiger partial charge in [-0.1, -0.05) is 24.0 Å². The number of rotatable bonds is 1. The molecule has 0 aromatic heterocycles. The smallest absolute Gasteiger partial charge is 0.122 e. The summed E-state index contributed by atoms with van der Waals surface area (Å²) in [5.74, 6) is 5.70. The van der Waals surface area contributed by atoms with E-state index in [1.165, 1.54) is 0 Å². The molecule has 3 nitrogen and oxygen atoms in total. The highest BCUT2D eigenvalue weighted by atomic mass is 14.7. The minimum atomic E-state index is 0.0679. The fourth-order valence-corrected chi connectivity index (χ4v) is 0.886. The van der Waals surface area contributed by atoms with Crippen molar-refractivity contribution in [2.24, 2.45) is 11.5 Å². The zero-order valence-corrected chi connectivity index (χ0v) is 7.17. The second-order valence-corrected chi connectivity index (χ2v) is 2.50. The number of hydrogen-bond donors (Lipinski definition) is 3. The predicted octanol–water partition coefficient (Wildman–Crippen LogP) is 0.281. The Morgan fingerprint density at radius 2 is 1.92 bits per heavy atom. The molecule has 0 atom stereocenters. The number of nitrogens with one attached hydrogen (secondary N) is 1. The van der Waals surface area contributed by atoms with Gasteiger partial charge in [0, 0.05) is 11.1 Å². The fourth-order valence-electron chi connectivity index (χ4n) is 0.886. The van der Waals surface area contributed by atoms with E-state index in [4.69, 9.17) is 16.9 Å². The van der Waals surface area contributed by atoms with Crippen LogP contribution in [0, 0.1) is 17.3 Å². The van der Waals surface area contributed by atoms with Crippen LogP contribution >= 0.6 is 0 Å². The van der Waals surface area contributed by atoms with Crippen LogP contribution in [0.3, 0.4) is 0 Å². The first-order valence-electron chi connectivity index (χ1n) is 3.87. The molecule has 0 unspecified atom stereocenters. The first-order chi connectivity index (χ1) is 6.24. The predicted molar refractivity (Wildman–Crippen MR) is 53.4 cm³/mol. The largest absolute Gasteiger partial charge is 0.384 e. The second kappa shape index (κ2) is 4.29. The van der Waals surface area contributed by atoms with Crippen molar-refractivity contribution >= 4 is 5.84 Å². The van der Waals surface area contributed by atoms with Crippen LogP contribution < -0.4 is 11.5 Å². The van der Waals surface area contributed by atoms with Crippen LogP contribution in [-0.4, -0.2) is 12.4 Å². The molecule has 13 heavy (non-hydrogen) atoms. The van der Waals surface area contributed by atoms with E-state index in [1.807, 2.05) is 12.1 Å². The third-order valence-electron chi connectivity index (χ3n) is 1.53. The summed E-state index contributed by atoms with van der Waals surface area (Å²) in [5.41, 5.74) is 12.1. The fraction of sp³-hybridized carbons (Fsp3) is 0.100. The molecule has 0 saturated carbocycles. The first-order valence-corrected chi connectivity index (χ1v) is 3.87. The van der Waals surface area contributed by atoms with Gasteiger partial charge in [0.1, 0.15) is 5.84 Å². The molecule has 1 aromatic carbocycles. The van der Waals surface area contributed by atoms with Crippen molar-refractivity contribution in [3.8, 4) is 11.8 Å². The minimum Gasteiger partial charge on any atom is -0.384 e. The van der Waals surface area contributed by atoms with Gasteiger partial charge < -0.3 is 11.5 Å². The van der Waals surface area contributed by atoms with Crippen LogP contribution in [0.4, 0.5) is 0 Å². The Hall–Kier alpha value is -1.79. The van der Waals surface area contributed by atoms with Gasteiger partial charge in [0.05, 0.1) is 6.54 Å². The number of nitrogens with two attached hydrogens (primary N) is 2. The topological polar surface area (TPSA) is 75.9 Å². The summed E-state index contributed by atoms with van der Waals surface area (Å²) < 4.78 is 0. The molecule has 0 aliphatic heterocycles. The van der Waals surface area contributed by atoms with Gasteiger partial charge in [-0.2, -0.15) is 0 Å². The van der Waals surface area contributed by atoms with E-state index >= 15 is 0 Å². The lowest BCUT2D eigenvalue weighted by molar-refractivity contribution is 1.30. The quantitative estimate of drug-likeness (QED) is 0.324. The molecule has 0 amide bonds. The maximum atomic E-state index is 7.17. The van der Waals surface area contributed by atoms with E-state index in [0.717, 1.165) is 5.56 Å². The second-order valence-electron chi connectivity index (χ2n) is 2.50.